The van der Waals surface area contributed by atoms with Gasteiger partial charge in [-0.05, 0) is 29.9 Å². The molecule has 0 saturated heterocycles. The fourth-order valence-electron chi connectivity index (χ4n) is 3.54. The summed E-state index contributed by atoms with van der Waals surface area (Å²) >= 11 is 0. The molecule has 126 valence electrons. The van der Waals surface area contributed by atoms with Crippen molar-refractivity contribution in [3.05, 3.63) is 35.5 Å². The first-order valence-electron chi connectivity index (χ1n) is 7.83. The zero-order valence-corrected chi connectivity index (χ0v) is 14.3. The van der Waals surface area contributed by atoms with E-state index in [0.717, 1.165) is 11.3 Å². The van der Waals surface area contributed by atoms with Gasteiger partial charge in [-0.25, -0.2) is 4.98 Å². The largest absolute Gasteiger partial charge is 0.481 e. The number of fused-ring (bicyclic) bond motifs is 1. The summed E-state index contributed by atoms with van der Waals surface area (Å²) in [5.74, 6) is 0.178. The molecule has 1 aliphatic rings. The third-order valence-electron chi connectivity index (χ3n) is 4.57. The maximum absolute atomic E-state index is 12.8. The van der Waals surface area contributed by atoms with Crippen LogP contribution in [0.25, 0.3) is 0 Å². The van der Waals surface area contributed by atoms with Gasteiger partial charge in [0, 0.05) is 17.7 Å². The van der Waals surface area contributed by atoms with E-state index in [0.29, 0.717) is 24.3 Å². The topological polar surface area (TPSA) is 68.7 Å². The lowest BCUT2D eigenvalue weighted by atomic mass is 9.61. The Kier molecular flexibility index (Phi) is 5.09. The predicted molar refractivity (Wildman–Crippen MR) is 87.4 cm³/mol. The van der Waals surface area contributed by atoms with Gasteiger partial charge < -0.3 is 14.6 Å². The average molecular weight is 319 g/mol. The van der Waals surface area contributed by atoms with Gasteiger partial charge in [-0.1, -0.05) is 26.5 Å². The van der Waals surface area contributed by atoms with Crippen LogP contribution in [0.2, 0.25) is 0 Å². The van der Waals surface area contributed by atoms with Crippen LogP contribution in [-0.4, -0.2) is 36.9 Å². The van der Waals surface area contributed by atoms with Crippen molar-refractivity contribution in [1.82, 2.24) is 4.98 Å². The maximum atomic E-state index is 12.8. The van der Waals surface area contributed by atoms with Crippen molar-refractivity contribution in [2.24, 2.45) is 11.8 Å². The van der Waals surface area contributed by atoms with Crippen LogP contribution < -0.4 is 4.74 Å². The Morgan fingerprint density at radius 1 is 1.48 bits per heavy atom. The quantitative estimate of drug-likeness (QED) is 0.666. The number of aromatic nitrogens is 1. The molecule has 5 heteroatoms. The first-order valence-corrected chi connectivity index (χ1v) is 7.83. The Balaban J connectivity index is 2.71. The highest BCUT2D eigenvalue weighted by molar-refractivity contribution is 5.88. The summed E-state index contributed by atoms with van der Waals surface area (Å²) in [5, 5.41) is 9.76. The van der Waals surface area contributed by atoms with Gasteiger partial charge in [0.25, 0.3) is 0 Å². The summed E-state index contributed by atoms with van der Waals surface area (Å²) in [4.78, 5) is 17.3. The van der Waals surface area contributed by atoms with Crippen molar-refractivity contribution in [3.63, 3.8) is 0 Å². The molecular weight excluding hydrogens is 294 g/mol. The van der Waals surface area contributed by atoms with E-state index in [1.165, 1.54) is 7.11 Å². The normalized spacial score (nSPS) is 23.6. The number of pyridine rings is 1. The first-order chi connectivity index (χ1) is 10.9. The standard InChI is InChI=1S/C18H25NO4/c1-11(2)9-18(17(21)23-5)12(3)13(10-20)8-15-14(18)6-7-16(19-15)22-4/h6-7,11,13,20H,3,8-10H2,1-2,4-5H3/t13?,18-/m1/s1. The molecular formula is C18H25NO4. The number of nitrogens with zero attached hydrogens (tertiary/aromatic N) is 1. The third kappa shape index (κ3) is 2.85. The van der Waals surface area contributed by atoms with Gasteiger partial charge in [-0.2, -0.15) is 0 Å². The highest BCUT2D eigenvalue weighted by Gasteiger charge is 2.51. The number of hydrogen-bond donors (Lipinski definition) is 1. The fraction of sp³-hybridized carbons (Fsp3) is 0.556. The van der Waals surface area contributed by atoms with Gasteiger partial charge in [-0.15, -0.1) is 0 Å². The second-order valence-corrected chi connectivity index (χ2v) is 6.45. The number of aliphatic hydroxyl groups excluding tert-OH is 1. The Morgan fingerprint density at radius 2 is 2.17 bits per heavy atom. The van der Waals surface area contributed by atoms with Crippen molar-refractivity contribution in [3.8, 4) is 5.88 Å². The Hall–Kier alpha value is -1.88. The van der Waals surface area contributed by atoms with E-state index in [-0.39, 0.29) is 24.4 Å². The van der Waals surface area contributed by atoms with Crippen LogP contribution in [-0.2, 0) is 21.4 Å². The molecule has 1 aromatic heterocycles. The number of aliphatic hydroxyl groups is 1. The smallest absolute Gasteiger partial charge is 0.320 e. The molecule has 0 bridgehead atoms. The van der Waals surface area contributed by atoms with Crippen molar-refractivity contribution < 1.29 is 19.4 Å². The number of rotatable bonds is 5. The number of hydrogen-bond acceptors (Lipinski definition) is 5. The molecule has 1 N–H and O–H groups in total. The molecule has 1 aliphatic carbocycles. The number of carbonyl (C=O) groups excluding carboxylic acids is 1. The van der Waals surface area contributed by atoms with Gasteiger partial charge >= 0.3 is 5.97 Å². The van der Waals surface area contributed by atoms with Gasteiger partial charge in [0.15, 0.2) is 0 Å². The molecule has 0 aromatic carbocycles. The number of ether oxygens (including phenoxy) is 2. The molecule has 0 saturated carbocycles. The van der Waals surface area contributed by atoms with E-state index >= 15 is 0 Å². The van der Waals surface area contributed by atoms with E-state index in [4.69, 9.17) is 9.47 Å². The molecule has 2 rings (SSSR count). The second-order valence-electron chi connectivity index (χ2n) is 6.45. The Labute approximate surface area is 137 Å². The molecule has 1 heterocycles. The summed E-state index contributed by atoms with van der Waals surface area (Å²) < 4.78 is 10.3. The number of esters is 1. The molecule has 0 spiro atoms. The molecule has 0 amide bonds. The predicted octanol–water partition coefficient (Wildman–Crippen LogP) is 2.27. The molecule has 0 radical (unpaired) electrons. The van der Waals surface area contributed by atoms with Crippen molar-refractivity contribution in [2.45, 2.75) is 32.1 Å². The summed E-state index contributed by atoms with van der Waals surface area (Å²) in [7, 11) is 2.94. The minimum absolute atomic E-state index is 0.0754. The van der Waals surface area contributed by atoms with Gasteiger partial charge in [0.1, 0.15) is 5.41 Å². The van der Waals surface area contributed by atoms with E-state index in [1.54, 1.807) is 13.2 Å². The van der Waals surface area contributed by atoms with Crippen molar-refractivity contribution >= 4 is 5.97 Å². The van der Waals surface area contributed by atoms with E-state index in [2.05, 4.69) is 25.4 Å². The summed E-state index contributed by atoms with van der Waals surface area (Å²) in [6.07, 6.45) is 1.11. The van der Waals surface area contributed by atoms with Crippen LogP contribution >= 0.6 is 0 Å². The van der Waals surface area contributed by atoms with Gasteiger partial charge in [-0.3, -0.25) is 4.79 Å². The van der Waals surface area contributed by atoms with Gasteiger partial charge in [0.2, 0.25) is 5.88 Å². The molecule has 1 unspecified atom stereocenters. The highest BCUT2D eigenvalue weighted by Crippen LogP contribution is 2.47. The van der Waals surface area contributed by atoms with E-state index < -0.39 is 5.41 Å². The number of carbonyl (C=O) groups is 1. The molecule has 5 nitrogen and oxygen atoms in total. The summed E-state index contributed by atoms with van der Waals surface area (Å²) in [6.45, 7) is 8.19. The molecule has 0 aliphatic heterocycles. The Morgan fingerprint density at radius 3 is 2.70 bits per heavy atom. The van der Waals surface area contributed by atoms with E-state index in [1.807, 2.05) is 6.07 Å². The van der Waals surface area contributed by atoms with E-state index in [9.17, 15) is 9.90 Å². The van der Waals surface area contributed by atoms with Crippen LogP contribution in [0.5, 0.6) is 5.88 Å². The van der Waals surface area contributed by atoms with Crippen LogP contribution in [0, 0.1) is 11.8 Å². The minimum Gasteiger partial charge on any atom is -0.481 e. The first kappa shape index (κ1) is 17.5. The lowest BCUT2D eigenvalue weighted by molar-refractivity contribution is -0.147. The monoisotopic (exact) mass is 319 g/mol. The maximum Gasteiger partial charge on any atom is 0.320 e. The molecule has 0 fully saturated rings. The molecule has 2 atom stereocenters. The van der Waals surface area contributed by atoms with Crippen LogP contribution in [0.4, 0.5) is 0 Å². The van der Waals surface area contributed by atoms with Crippen LogP contribution in [0.1, 0.15) is 31.5 Å². The summed E-state index contributed by atoms with van der Waals surface area (Å²) in [5.41, 5.74) is 1.32. The summed E-state index contributed by atoms with van der Waals surface area (Å²) in [6, 6.07) is 3.63. The molecule has 1 aromatic rings. The highest BCUT2D eigenvalue weighted by atomic mass is 16.5. The third-order valence-corrected chi connectivity index (χ3v) is 4.57. The zero-order valence-electron chi connectivity index (χ0n) is 14.3. The Bertz CT molecular complexity index is 611. The molecule has 23 heavy (non-hydrogen) atoms. The minimum atomic E-state index is -0.969. The fourth-order valence-corrected chi connectivity index (χ4v) is 3.54. The van der Waals surface area contributed by atoms with Crippen molar-refractivity contribution in [2.75, 3.05) is 20.8 Å². The van der Waals surface area contributed by atoms with Crippen LogP contribution in [0.3, 0.4) is 0 Å². The van der Waals surface area contributed by atoms with Crippen LogP contribution in [0.15, 0.2) is 24.3 Å². The average Bonchev–Trinajstić information content (AvgIpc) is 2.55. The second kappa shape index (κ2) is 6.71. The lowest BCUT2D eigenvalue weighted by Crippen LogP contribution is -2.47. The van der Waals surface area contributed by atoms with Crippen molar-refractivity contribution in [1.29, 1.82) is 0 Å². The lowest BCUT2D eigenvalue weighted by Gasteiger charge is -2.42. The zero-order chi connectivity index (χ0) is 17.2. The van der Waals surface area contributed by atoms with Gasteiger partial charge in [0.05, 0.1) is 20.8 Å². The SMILES string of the molecule is C=C1C(CO)Cc2nc(OC)ccc2[C@]1(CC(C)C)C(=O)OC. The number of methoxy groups -OCH3 is 2.